The van der Waals surface area contributed by atoms with E-state index in [0.717, 1.165) is 24.9 Å². The Kier molecular flexibility index (Phi) is 6.21. The summed E-state index contributed by atoms with van der Waals surface area (Å²) in [5.74, 6) is 0.207. The number of carbonyl (C=O) groups is 1. The molecule has 3 N–H and O–H groups in total. The standard InChI is InChI=1S/C21H30N6O3S/c1-3-26(2)31(29,30)16-8-6-15(7-9-16)24-20-19-18(11-13-23-21(19)28)27(25-20)17(10-12-22)14-4-5-14/h6-9,14,17-20,24-25H,3-5,10-11,13H2,1-2H3,(H,23,28)/t17-,18?,19?,20?/m0/s1. The number of hydrogen-bond acceptors (Lipinski definition) is 7. The SMILES string of the molecule is CCN(C)S(=O)(=O)c1ccc(NC2NN([C@@H](CC#N)C3CC3)C3CCNC(=O)C23)cc1. The van der Waals surface area contributed by atoms with Crippen LogP contribution in [0.5, 0.6) is 0 Å². The first-order valence-electron chi connectivity index (χ1n) is 10.9. The Bertz CT molecular complexity index is 956. The summed E-state index contributed by atoms with van der Waals surface area (Å²) < 4.78 is 26.3. The molecule has 1 aromatic carbocycles. The minimum absolute atomic E-state index is 0.000905. The van der Waals surface area contributed by atoms with Gasteiger partial charge in [0.2, 0.25) is 15.9 Å². The van der Waals surface area contributed by atoms with Crippen molar-refractivity contribution in [2.45, 2.75) is 55.8 Å². The van der Waals surface area contributed by atoms with E-state index in [2.05, 4.69) is 27.1 Å². The van der Waals surface area contributed by atoms with E-state index in [-0.39, 0.29) is 35.0 Å². The van der Waals surface area contributed by atoms with Crippen molar-refractivity contribution in [1.29, 1.82) is 5.26 Å². The number of nitrogens with one attached hydrogen (secondary N) is 3. The summed E-state index contributed by atoms with van der Waals surface area (Å²) in [7, 11) is -1.95. The summed E-state index contributed by atoms with van der Waals surface area (Å²) in [4.78, 5) is 12.9. The zero-order chi connectivity index (χ0) is 22.2. The number of fused-ring (bicyclic) bond motifs is 1. The highest BCUT2D eigenvalue weighted by Gasteiger charge is 2.51. The van der Waals surface area contributed by atoms with E-state index in [1.165, 1.54) is 4.31 Å². The van der Waals surface area contributed by atoms with Crippen LogP contribution in [0, 0.1) is 23.2 Å². The number of amides is 1. The van der Waals surface area contributed by atoms with E-state index < -0.39 is 10.0 Å². The summed E-state index contributed by atoms with van der Waals surface area (Å²) in [5, 5.41) is 17.8. The first kappa shape index (κ1) is 22.0. The highest BCUT2D eigenvalue weighted by molar-refractivity contribution is 7.89. The molecule has 2 heterocycles. The lowest BCUT2D eigenvalue weighted by Gasteiger charge is -2.34. The predicted octanol–water partition coefficient (Wildman–Crippen LogP) is 1.08. The number of sulfonamides is 1. The summed E-state index contributed by atoms with van der Waals surface area (Å²) >= 11 is 0. The van der Waals surface area contributed by atoms with Gasteiger partial charge in [-0.1, -0.05) is 6.92 Å². The molecule has 9 nitrogen and oxygen atoms in total. The fraction of sp³-hybridized carbons (Fsp3) is 0.619. The molecule has 3 unspecified atom stereocenters. The molecule has 4 atom stereocenters. The van der Waals surface area contributed by atoms with Gasteiger partial charge < -0.3 is 10.6 Å². The Morgan fingerprint density at radius 3 is 2.61 bits per heavy atom. The van der Waals surface area contributed by atoms with Crippen molar-refractivity contribution in [3.05, 3.63) is 24.3 Å². The Balaban J connectivity index is 1.53. The van der Waals surface area contributed by atoms with E-state index in [1.807, 2.05) is 0 Å². The van der Waals surface area contributed by atoms with Crippen LogP contribution < -0.4 is 16.1 Å². The van der Waals surface area contributed by atoms with Crippen molar-refractivity contribution in [2.75, 3.05) is 25.5 Å². The van der Waals surface area contributed by atoms with Gasteiger partial charge in [0.05, 0.1) is 23.3 Å². The first-order chi connectivity index (χ1) is 14.9. The van der Waals surface area contributed by atoms with Gasteiger partial charge in [0.15, 0.2) is 0 Å². The van der Waals surface area contributed by atoms with Crippen LogP contribution >= 0.6 is 0 Å². The number of carbonyl (C=O) groups excluding carboxylic acids is 1. The molecule has 1 aliphatic carbocycles. The molecule has 3 fully saturated rings. The lowest BCUT2D eigenvalue weighted by atomic mass is 9.90. The third-order valence-electron chi connectivity index (χ3n) is 6.62. The molecule has 0 bridgehead atoms. The van der Waals surface area contributed by atoms with Crippen molar-refractivity contribution in [3.63, 3.8) is 0 Å². The number of nitrogens with zero attached hydrogens (tertiary/aromatic N) is 3. The van der Waals surface area contributed by atoms with Crippen molar-refractivity contribution < 1.29 is 13.2 Å². The van der Waals surface area contributed by atoms with Gasteiger partial charge in [-0.3, -0.25) is 4.79 Å². The average Bonchev–Trinajstić information content (AvgIpc) is 3.54. The van der Waals surface area contributed by atoms with Crippen LogP contribution in [0.1, 0.15) is 32.6 Å². The molecule has 0 aromatic heterocycles. The van der Waals surface area contributed by atoms with E-state index >= 15 is 0 Å². The molecule has 1 aromatic rings. The van der Waals surface area contributed by atoms with Gasteiger partial charge in [-0.2, -0.15) is 5.26 Å². The van der Waals surface area contributed by atoms with Crippen LogP contribution in [0.2, 0.25) is 0 Å². The quantitative estimate of drug-likeness (QED) is 0.547. The minimum atomic E-state index is -3.50. The van der Waals surface area contributed by atoms with Gasteiger partial charge in [-0.05, 0) is 49.4 Å². The Labute approximate surface area is 183 Å². The lowest BCUT2D eigenvalue weighted by molar-refractivity contribution is -0.128. The molecule has 168 valence electrons. The maximum atomic E-state index is 12.7. The van der Waals surface area contributed by atoms with E-state index in [4.69, 9.17) is 0 Å². The van der Waals surface area contributed by atoms with E-state index in [9.17, 15) is 18.5 Å². The van der Waals surface area contributed by atoms with Crippen molar-refractivity contribution in [3.8, 4) is 6.07 Å². The van der Waals surface area contributed by atoms with Crippen LogP contribution in [-0.4, -0.2) is 62.0 Å². The largest absolute Gasteiger partial charge is 0.368 e. The number of nitriles is 1. The predicted molar refractivity (Wildman–Crippen MR) is 116 cm³/mol. The minimum Gasteiger partial charge on any atom is -0.368 e. The third kappa shape index (κ3) is 4.28. The molecule has 3 aliphatic rings. The summed E-state index contributed by atoms with van der Waals surface area (Å²) in [6.45, 7) is 2.82. The van der Waals surface area contributed by atoms with Crippen LogP contribution in [0.3, 0.4) is 0 Å². The molecule has 10 heteroatoms. The molecule has 0 radical (unpaired) electrons. The molecular formula is C21H30N6O3S. The van der Waals surface area contributed by atoms with Crippen molar-refractivity contribution in [2.24, 2.45) is 11.8 Å². The number of piperidine rings is 1. The number of rotatable bonds is 8. The molecule has 1 saturated carbocycles. The number of hydrogen-bond donors (Lipinski definition) is 3. The van der Waals surface area contributed by atoms with Gasteiger partial charge in [0.1, 0.15) is 6.17 Å². The normalized spacial score (nSPS) is 27.4. The fourth-order valence-corrected chi connectivity index (χ4v) is 5.80. The topological polar surface area (TPSA) is 118 Å². The monoisotopic (exact) mass is 446 g/mol. The second-order valence-electron chi connectivity index (χ2n) is 8.54. The van der Waals surface area contributed by atoms with Crippen LogP contribution in [0.25, 0.3) is 0 Å². The summed E-state index contributed by atoms with van der Waals surface area (Å²) in [6, 6.07) is 9.06. The van der Waals surface area contributed by atoms with Crippen molar-refractivity contribution >= 4 is 21.6 Å². The number of hydrazine groups is 1. The van der Waals surface area contributed by atoms with Crippen LogP contribution in [0.4, 0.5) is 5.69 Å². The van der Waals surface area contributed by atoms with Crippen LogP contribution in [-0.2, 0) is 14.8 Å². The Morgan fingerprint density at radius 1 is 1.29 bits per heavy atom. The van der Waals surface area contributed by atoms with Gasteiger partial charge >= 0.3 is 0 Å². The zero-order valence-corrected chi connectivity index (χ0v) is 18.7. The molecule has 2 saturated heterocycles. The molecule has 0 spiro atoms. The second kappa shape index (κ2) is 8.74. The zero-order valence-electron chi connectivity index (χ0n) is 17.9. The lowest BCUT2D eigenvalue weighted by Crippen LogP contribution is -2.52. The van der Waals surface area contributed by atoms with Gasteiger partial charge in [-0.25, -0.2) is 23.2 Å². The fourth-order valence-electron chi connectivity index (χ4n) is 4.62. The van der Waals surface area contributed by atoms with E-state index in [1.54, 1.807) is 38.2 Å². The van der Waals surface area contributed by atoms with Gasteiger partial charge in [0, 0.05) is 37.9 Å². The average molecular weight is 447 g/mol. The van der Waals surface area contributed by atoms with Crippen molar-refractivity contribution in [1.82, 2.24) is 20.1 Å². The molecule has 4 rings (SSSR count). The Morgan fingerprint density at radius 2 is 2.00 bits per heavy atom. The summed E-state index contributed by atoms with van der Waals surface area (Å²) in [6.07, 6.45) is 3.18. The van der Waals surface area contributed by atoms with Gasteiger partial charge in [0.25, 0.3) is 0 Å². The van der Waals surface area contributed by atoms with Crippen LogP contribution in [0.15, 0.2) is 29.2 Å². The van der Waals surface area contributed by atoms with Gasteiger partial charge in [-0.15, -0.1) is 0 Å². The highest BCUT2D eigenvalue weighted by Crippen LogP contribution is 2.41. The smallest absolute Gasteiger partial charge is 0.242 e. The number of benzene rings is 1. The first-order valence-corrected chi connectivity index (χ1v) is 12.3. The van der Waals surface area contributed by atoms with E-state index in [0.29, 0.717) is 25.4 Å². The maximum Gasteiger partial charge on any atom is 0.242 e. The molecular weight excluding hydrogens is 416 g/mol. The highest BCUT2D eigenvalue weighted by atomic mass is 32.2. The maximum absolute atomic E-state index is 12.7. The third-order valence-corrected chi connectivity index (χ3v) is 8.56. The second-order valence-corrected chi connectivity index (χ2v) is 10.6. The molecule has 1 amide bonds. The number of anilines is 1. The summed E-state index contributed by atoms with van der Waals surface area (Å²) in [5.41, 5.74) is 4.21. The molecule has 31 heavy (non-hydrogen) atoms. The molecule has 2 aliphatic heterocycles. The Hall–Kier alpha value is -2.19.